The lowest BCUT2D eigenvalue weighted by molar-refractivity contribution is 0.110. The van der Waals surface area contributed by atoms with Crippen molar-refractivity contribution >= 4 is 11.0 Å². The van der Waals surface area contributed by atoms with Crippen molar-refractivity contribution in [1.29, 1.82) is 0 Å². The summed E-state index contributed by atoms with van der Waals surface area (Å²) in [6, 6.07) is 12.0. The van der Waals surface area contributed by atoms with Crippen molar-refractivity contribution in [1.82, 2.24) is 9.13 Å². The summed E-state index contributed by atoms with van der Waals surface area (Å²) in [5.74, 6) is 1.32. The highest BCUT2D eigenvalue weighted by Gasteiger charge is 2.25. The van der Waals surface area contributed by atoms with Gasteiger partial charge >= 0.3 is 5.69 Å². The molecule has 0 aliphatic heterocycles. The van der Waals surface area contributed by atoms with Gasteiger partial charge in [-0.15, -0.1) is 0 Å². The molecule has 1 aliphatic rings. The Morgan fingerprint density at radius 1 is 0.966 bits per heavy atom. The topological polar surface area (TPSA) is 65.6 Å². The number of ether oxygens (including phenoxy) is 2. The molecular formula is C23H28N2O4. The number of aryl methyl sites for hydroxylation is 1. The van der Waals surface area contributed by atoms with Gasteiger partial charge in [0.05, 0.1) is 37.9 Å². The number of hydrogen-bond acceptors (Lipinski definition) is 4. The summed E-state index contributed by atoms with van der Waals surface area (Å²) in [6.07, 6.45) is 2.88. The van der Waals surface area contributed by atoms with E-state index >= 15 is 0 Å². The Labute approximate surface area is 170 Å². The highest BCUT2D eigenvalue weighted by Crippen LogP contribution is 2.32. The molecule has 0 spiro atoms. The molecule has 0 atom stereocenters. The van der Waals surface area contributed by atoms with E-state index < -0.39 is 0 Å². The number of fused-ring (bicyclic) bond motifs is 1. The second kappa shape index (κ2) is 7.95. The number of aromatic nitrogens is 2. The maximum absolute atomic E-state index is 13.5. The number of rotatable bonds is 5. The van der Waals surface area contributed by atoms with Gasteiger partial charge in [-0.3, -0.25) is 9.13 Å². The van der Waals surface area contributed by atoms with Crippen LogP contribution in [0.5, 0.6) is 11.5 Å². The predicted octanol–water partition coefficient (Wildman–Crippen LogP) is 3.65. The Bertz CT molecular complexity index is 1070. The van der Waals surface area contributed by atoms with Gasteiger partial charge in [0.25, 0.3) is 0 Å². The molecule has 1 fully saturated rings. The Hall–Kier alpha value is -2.73. The fourth-order valence-corrected chi connectivity index (χ4v) is 4.37. The first kappa shape index (κ1) is 19.6. The second-order valence-corrected chi connectivity index (χ2v) is 7.88. The lowest BCUT2D eigenvalue weighted by atomic mass is 9.93. The predicted molar refractivity (Wildman–Crippen MR) is 113 cm³/mol. The molecule has 0 saturated heterocycles. The van der Waals surface area contributed by atoms with Crippen molar-refractivity contribution < 1.29 is 14.6 Å². The molecule has 6 nitrogen and oxygen atoms in total. The van der Waals surface area contributed by atoms with Crippen molar-refractivity contribution in [2.24, 2.45) is 0 Å². The summed E-state index contributed by atoms with van der Waals surface area (Å²) in [7, 11) is 3.22. The molecule has 4 rings (SSSR count). The standard InChI is InChI=1S/C23H28N2O4/c1-15-4-10-19-20(12-15)24(14-16-5-11-21(28-2)22(13-16)29-3)23(27)25(19)17-6-8-18(26)9-7-17/h4-5,10-13,17-18,26H,6-9,14H2,1-3H3. The molecule has 0 amide bonds. The summed E-state index contributed by atoms with van der Waals surface area (Å²) in [5, 5.41) is 9.87. The molecule has 0 radical (unpaired) electrons. The van der Waals surface area contributed by atoms with E-state index in [1.807, 2.05) is 40.3 Å². The van der Waals surface area contributed by atoms with Crippen molar-refractivity contribution in [3.63, 3.8) is 0 Å². The van der Waals surface area contributed by atoms with Gasteiger partial charge in [0.1, 0.15) is 0 Å². The molecule has 1 aromatic heterocycles. The second-order valence-electron chi connectivity index (χ2n) is 7.88. The van der Waals surface area contributed by atoms with Gasteiger partial charge in [-0.1, -0.05) is 12.1 Å². The molecule has 0 bridgehead atoms. The van der Waals surface area contributed by atoms with E-state index in [-0.39, 0.29) is 17.8 Å². The molecule has 154 valence electrons. The van der Waals surface area contributed by atoms with Crippen LogP contribution in [0.1, 0.15) is 42.9 Å². The molecule has 6 heteroatoms. The molecule has 1 aliphatic carbocycles. The number of aliphatic hydroxyl groups excluding tert-OH is 1. The molecule has 3 aromatic rings. The number of nitrogens with zero attached hydrogens (tertiary/aromatic N) is 2. The Kier molecular flexibility index (Phi) is 5.37. The Morgan fingerprint density at radius 2 is 1.69 bits per heavy atom. The highest BCUT2D eigenvalue weighted by molar-refractivity contribution is 5.77. The number of imidazole rings is 1. The van der Waals surface area contributed by atoms with E-state index in [4.69, 9.17) is 9.47 Å². The van der Waals surface area contributed by atoms with Gasteiger partial charge in [-0.2, -0.15) is 0 Å². The first-order valence-corrected chi connectivity index (χ1v) is 10.1. The fraction of sp³-hybridized carbons (Fsp3) is 0.435. The minimum atomic E-state index is -0.246. The van der Waals surface area contributed by atoms with Gasteiger partial charge in [0.2, 0.25) is 0 Å². The number of hydrogen-bond donors (Lipinski definition) is 1. The lowest BCUT2D eigenvalue weighted by Crippen LogP contribution is -2.31. The zero-order chi connectivity index (χ0) is 20.5. The van der Waals surface area contributed by atoms with Gasteiger partial charge < -0.3 is 14.6 Å². The Morgan fingerprint density at radius 3 is 2.38 bits per heavy atom. The van der Waals surface area contributed by atoms with Crippen LogP contribution in [-0.4, -0.2) is 34.6 Å². The van der Waals surface area contributed by atoms with Crippen LogP contribution in [0.15, 0.2) is 41.2 Å². The Balaban J connectivity index is 1.79. The van der Waals surface area contributed by atoms with E-state index in [9.17, 15) is 9.90 Å². The summed E-state index contributed by atoms with van der Waals surface area (Å²) in [6.45, 7) is 2.50. The molecule has 1 heterocycles. The van der Waals surface area contributed by atoms with Crippen molar-refractivity contribution in [2.75, 3.05) is 14.2 Å². The molecule has 1 saturated carbocycles. The largest absolute Gasteiger partial charge is 0.493 e. The zero-order valence-electron chi connectivity index (χ0n) is 17.2. The van der Waals surface area contributed by atoms with E-state index in [2.05, 4.69) is 12.1 Å². The van der Waals surface area contributed by atoms with E-state index in [1.165, 1.54) is 0 Å². The van der Waals surface area contributed by atoms with Crippen molar-refractivity contribution in [2.45, 2.75) is 51.3 Å². The van der Waals surface area contributed by atoms with Crippen LogP contribution >= 0.6 is 0 Å². The summed E-state index contributed by atoms with van der Waals surface area (Å²) in [5.41, 5.74) is 4.00. The van der Waals surface area contributed by atoms with Gasteiger partial charge in [0.15, 0.2) is 11.5 Å². The average Bonchev–Trinajstić information content (AvgIpc) is 2.99. The van der Waals surface area contributed by atoms with E-state index in [1.54, 1.807) is 14.2 Å². The first-order valence-electron chi connectivity index (χ1n) is 10.1. The van der Waals surface area contributed by atoms with E-state index in [0.29, 0.717) is 18.0 Å². The number of aliphatic hydroxyl groups is 1. The third kappa shape index (κ3) is 3.65. The van der Waals surface area contributed by atoms with Crippen LogP contribution in [0.25, 0.3) is 11.0 Å². The van der Waals surface area contributed by atoms with Gasteiger partial charge in [0, 0.05) is 6.04 Å². The maximum atomic E-state index is 13.5. The monoisotopic (exact) mass is 396 g/mol. The average molecular weight is 396 g/mol. The summed E-state index contributed by atoms with van der Waals surface area (Å²) in [4.78, 5) is 13.5. The van der Waals surface area contributed by atoms with Crippen LogP contribution in [0, 0.1) is 6.92 Å². The number of methoxy groups -OCH3 is 2. The minimum Gasteiger partial charge on any atom is -0.493 e. The molecule has 0 unspecified atom stereocenters. The van der Waals surface area contributed by atoms with Crippen LogP contribution in [0.3, 0.4) is 0 Å². The summed E-state index contributed by atoms with van der Waals surface area (Å²) >= 11 is 0. The molecule has 1 N–H and O–H groups in total. The molecule has 29 heavy (non-hydrogen) atoms. The smallest absolute Gasteiger partial charge is 0.329 e. The maximum Gasteiger partial charge on any atom is 0.329 e. The lowest BCUT2D eigenvalue weighted by Gasteiger charge is -2.26. The fourth-order valence-electron chi connectivity index (χ4n) is 4.37. The van der Waals surface area contributed by atoms with Crippen LogP contribution in [-0.2, 0) is 6.54 Å². The minimum absolute atomic E-state index is 0.00164. The normalized spacial score (nSPS) is 19.4. The van der Waals surface area contributed by atoms with Crippen molar-refractivity contribution in [3.05, 3.63) is 58.0 Å². The summed E-state index contributed by atoms with van der Waals surface area (Å²) < 4.78 is 14.5. The first-order chi connectivity index (χ1) is 14.0. The molecule has 2 aromatic carbocycles. The number of benzene rings is 2. The van der Waals surface area contributed by atoms with Crippen LogP contribution < -0.4 is 15.2 Å². The SMILES string of the molecule is COc1ccc(Cn2c(=O)n(C3CCC(O)CC3)c3ccc(C)cc32)cc1OC. The molecular weight excluding hydrogens is 368 g/mol. The van der Waals surface area contributed by atoms with Crippen LogP contribution in [0.2, 0.25) is 0 Å². The third-order valence-corrected chi connectivity index (χ3v) is 5.94. The zero-order valence-corrected chi connectivity index (χ0v) is 17.2. The van der Waals surface area contributed by atoms with Gasteiger partial charge in [-0.25, -0.2) is 4.79 Å². The van der Waals surface area contributed by atoms with Gasteiger partial charge in [-0.05, 0) is 68.0 Å². The van der Waals surface area contributed by atoms with E-state index in [0.717, 1.165) is 47.8 Å². The highest BCUT2D eigenvalue weighted by atomic mass is 16.5. The van der Waals surface area contributed by atoms with Crippen molar-refractivity contribution in [3.8, 4) is 11.5 Å². The van der Waals surface area contributed by atoms with Crippen LogP contribution in [0.4, 0.5) is 0 Å². The quantitative estimate of drug-likeness (QED) is 0.715. The third-order valence-electron chi connectivity index (χ3n) is 5.94.